The minimum absolute atomic E-state index is 0. The Bertz CT molecular complexity index is 232. The summed E-state index contributed by atoms with van der Waals surface area (Å²) in [6.45, 7) is 6.71. The molecule has 0 saturated carbocycles. The van der Waals surface area contributed by atoms with Gasteiger partial charge in [0, 0.05) is 6.61 Å². The van der Waals surface area contributed by atoms with Crippen LogP contribution in [0.25, 0.3) is 0 Å². The Morgan fingerprint density at radius 1 is 0.826 bits per heavy atom. The van der Waals surface area contributed by atoms with E-state index in [0.717, 1.165) is 30.0 Å². The lowest BCUT2D eigenvalue weighted by atomic mass is 9.99. The van der Waals surface area contributed by atoms with E-state index in [1.165, 1.54) is 94.3 Å². The molecule has 0 aromatic heterocycles. The molecule has 0 radical (unpaired) electrons. The highest BCUT2D eigenvalue weighted by Crippen LogP contribution is 2.16. The molecule has 1 fully saturated rings. The Kier molecular flexibility index (Phi) is 17.9. The zero-order valence-corrected chi connectivity index (χ0v) is 17.4. The van der Waals surface area contributed by atoms with Crippen molar-refractivity contribution in [2.24, 2.45) is 5.92 Å². The number of unbranched alkanes of at least 4 members (excludes halogenated alkanes) is 7. The summed E-state index contributed by atoms with van der Waals surface area (Å²) in [5.41, 5.74) is 0. The van der Waals surface area contributed by atoms with Gasteiger partial charge in [-0.1, -0.05) is 71.6 Å². The zero-order valence-electron chi connectivity index (χ0n) is 15.8. The summed E-state index contributed by atoms with van der Waals surface area (Å²) >= 11 is 0. The van der Waals surface area contributed by atoms with Gasteiger partial charge in [0.25, 0.3) is 0 Å². The van der Waals surface area contributed by atoms with E-state index in [0.29, 0.717) is 0 Å². The van der Waals surface area contributed by atoms with E-state index >= 15 is 0 Å². The fourth-order valence-electron chi connectivity index (χ4n) is 3.25. The van der Waals surface area contributed by atoms with Crippen molar-refractivity contribution in [2.45, 2.75) is 90.9 Å². The molecule has 0 bridgehead atoms. The van der Waals surface area contributed by atoms with Gasteiger partial charge in [0.05, 0.1) is 6.61 Å². The molecule has 1 atom stereocenters. The molecule has 1 rings (SSSR count). The van der Waals surface area contributed by atoms with Crippen molar-refractivity contribution in [1.29, 1.82) is 0 Å². The molecule has 1 saturated heterocycles. The second kappa shape index (κ2) is 17.4. The predicted molar refractivity (Wildman–Crippen MR) is 103 cm³/mol. The summed E-state index contributed by atoms with van der Waals surface area (Å²) in [5, 5.41) is 0. The van der Waals surface area contributed by atoms with Crippen LogP contribution in [0.3, 0.4) is 0 Å². The van der Waals surface area contributed by atoms with Gasteiger partial charge in [-0.05, 0) is 36.1 Å². The molecule has 0 aliphatic carbocycles. The van der Waals surface area contributed by atoms with Crippen molar-refractivity contribution in [1.82, 2.24) is 0 Å². The molecule has 0 aromatic carbocycles. The number of rotatable bonds is 15. The number of hydrogen-bond acceptors (Lipinski definition) is 1. The van der Waals surface area contributed by atoms with E-state index in [2.05, 4.69) is 13.8 Å². The first-order chi connectivity index (χ1) is 10.8. The van der Waals surface area contributed by atoms with Gasteiger partial charge in [-0.25, -0.2) is 0 Å². The highest BCUT2D eigenvalue weighted by molar-refractivity contribution is 7.97. The molecule has 23 heavy (non-hydrogen) atoms. The molecular weight excluding hydrogens is 324 g/mol. The zero-order chi connectivity index (χ0) is 15.9. The maximum absolute atomic E-state index is 5.86. The first-order valence-electron chi connectivity index (χ1n) is 10.0. The van der Waals surface area contributed by atoms with Crippen molar-refractivity contribution in [3.8, 4) is 0 Å². The number of halogens is 1. The molecule has 140 valence electrons. The van der Waals surface area contributed by atoms with Gasteiger partial charge in [0.2, 0.25) is 0 Å². The molecule has 1 aliphatic heterocycles. The van der Waals surface area contributed by atoms with Crippen LogP contribution in [0.15, 0.2) is 0 Å². The number of hydrogen-bond donors (Lipinski definition) is 0. The van der Waals surface area contributed by atoms with Gasteiger partial charge in [-0.3, -0.25) is 0 Å². The lowest BCUT2D eigenvalue weighted by molar-refractivity contribution is -0.00000590. The monoisotopic (exact) mass is 364 g/mol. The van der Waals surface area contributed by atoms with E-state index in [4.69, 9.17) is 4.74 Å². The molecule has 1 aliphatic rings. The van der Waals surface area contributed by atoms with E-state index in [1.807, 2.05) is 0 Å². The predicted octanol–water partition coefficient (Wildman–Crippen LogP) is 2.98. The Balaban J connectivity index is 0.00000484. The van der Waals surface area contributed by atoms with Crippen LogP contribution in [0.1, 0.15) is 90.9 Å². The summed E-state index contributed by atoms with van der Waals surface area (Å²) in [6, 6.07) is 0. The Hall–Kier alpha value is 0.600. The summed E-state index contributed by atoms with van der Waals surface area (Å²) in [5.74, 6) is 5.16. The van der Waals surface area contributed by atoms with Gasteiger partial charge in [-0.2, -0.15) is 0 Å². The SMILES string of the molecule is CCCCCCCCCCC(C)CCOCC[S+]1CCCC1.[Cl-]. The highest BCUT2D eigenvalue weighted by Gasteiger charge is 2.22. The van der Waals surface area contributed by atoms with E-state index in [9.17, 15) is 0 Å². The van der Waals surface area contributed by atoms with Crippen molar-refractivity contribution < 1.29 is 17.1 Å². The molecule has 0 N–H and O–H groups in total. The van der Waals surface area contributed by atoms with Gasteiger partial charge in [0.15, 0.2) is 0 Å². The largest absolute Gasteiger partial charge is 1.00 e. The van der Waals surface area contributed by atoms with E-state index in [-0.39, 0.29) is 12.4 Å². The van der Waals surface area contributed by atoms with Crippen LogP contribution in [0.5, 0.6) is 0 Å². The van der Waals surface area contributed by atoms with Crippen LogP contribution in [-0.2, 0) is 15.6 Å². The second-order valence-corrected chi connectivity index (χ2v) is 9.65. The van der Waals surface area contributed by atoms with Crippen LogP contribution < -0.4 is 12.4 Å². The van der Waals surface area contributed by atoms with Gasteiger partial charge >= 0.3 is 0 Å². The normalized spacial score (nSPS) is 16.4. The lowest BCUT2D eigenvalue weighted by Gasteiger charge is -2.11. The van der Waals surface area contributed by atoms with Crippen LogP contribution in [-0.4, -0.2) is 30.5 Å². The van der Waals surface area contributed by atoms with Crippen molar-refractivity contribution in [3.63, 3.8) is 0 Å². The third-order valence-corrected chi connectivity index (χ3v) is 7.41. The lowest BCUT2D eigenvalue weighted by Crippen LogP contribution is -3.00. The maximum Gasteiger partial charge on any atom is 0.131 e. The average Bonchev–Trinajstić information content (AvgIpc) is 3.03. The second-order valence-electron chi connectivity index (χ2n) is 7.20. The summed E-state index contributed by atoms with van der Waals surface area (Å²) in [7, 11) is 0.723. The van der Waals surface area contributed by atoms with E-state index < -0.39 is 0 Å². The Morgan fingerprint density at radius 2 is 1.43 bits per heavy atom. The third kappa shape index (κ3) is 14.6. The van der Waals surface area contributed by atoms with Crippen LogP contribution in [0, 0.1) is 5.92 Å². The molecule has 0 aromatic rings. The minimum Gasteiger partial charge on any atom is -1.00 e. The average molecular weight is 365 g/mol. The first kappa shape index (κ1) is 23.6. The number of ether oxygens (including phenoxy) is 1. The first-order valence-corrected chi connectivity index (χ1v) is 11.8. The summed E-state index contributed by atoms with van der Waals surface area (Å²) in [4.78, 5) is 0. The molecule has 3 heteroatoms. The maximum atomic E-state index is 5.86. The minimum atomic E-state index is 0. The molecular formula is C20H41ClOS. The van der Waals surface area contributed by atoms with Crippen LogP contribution in [0.2, 0.25) is 0 Å². The molecule has 1 nitrogen and oxygen atoms in total. The topological polar surface area (TPSA) is 9.23 Å². The standard InChI is InChI=1S/C20H41OS.ClH/c1-3-4-5-6-7-8-9-10-13-20(2)14-15-21-16-19-22-17-11-12-18-22;/h20H,3-19H2,1-2H3;1H/q+1;/p-1. The van der Waals surface area contributed by atoms with E-state index in [1.54, 1.807) is 0 Å². The molecule has 0 amide bonds. The van der Waals surface area contributed by atoms with Crippen molar-refractivity contribution in [2.75, 3.05) is 30.5 Å². The fraction of sp³-hybridized carbons (Fsp3) is 1.00. The van der Waals surface area contributed by atoms with Crippen molar-refractivity contribution in [3.05, 3.63) is 0 Å². The Morgan fingerprint density at radius 3 is 2.09 bits per heavy atom. The van der Waals surface area contributed by atoms with Crippen LogP contribution >= 0.6 is 0 Å². The van der Waals surface area contributed by atoms with Gasteiger partial charge in [-0.15, -0.1) is 0 Å². The molecule has 1 heterocycles. The fourth-order valence-corrected chi connectivity index (χ4v) is 5.44. The van der Waals surface area contributed by atoms with Gasteiger partial charge < -0.3 is 17.1 Å². The summed E-state index contributed by atoms with van der Waals surface area (Å²) < 4.78 is 5.86. The van der Waals surface area contributed by atoms with Crippen LogP contribution in [0.4, 0.5) is 0 Å². The molecule has 1 unspecified atom stereocenters. The third-order valence-electron chi connectivity index (χ3n) is 4.94. The smallest absolute Gasteiger partial charge is 0.131 e. The van der Waals surface area contributed by atoms with Gasteiger partial charge in [0.1, 0.15) is 17.3 Å². The van der Waals surface area contributed by atoms with Crippen molar-refractivity contribution >= 4 is 10.9 Å². The Labute approximate surface area is 155 Å². The molecule has 0 spiro atoms. The highest BCUT2D eigenvalue weighted by atomic mass is 35.5. The quantitative estimate of drug-likeness (QED) is 0.320. The summed E-state index contributed by atoms with van der Waals surface area (Å²) in [6.07, 6.45) is 17.1.